The van der Waals surface area contributed by atoms with Crippen LogP contribution in [0.15, 0.2) is 0 Å². The third kappa shape index (κ3) is 2.45. The third-order valence-corrected chi connectivity index (χ3v) is 1.99. The highest BCUT2D eigenvalue weighted by Crippen LogP contribution is 2.11. The van der Waals surface area contributed by atoms with Crippen LogP contribution in [0.25, 0.3) is 0 Å². The molecule has 0 aliphatic rings. The van der Waals surface area contributed by atoms with Crippen LogP contribution in [-0.4, -0.2) is 45.6 Å². The molecule has 0 fully saturated rings. The molecular weight excluding hydrogens is 200 g/mol. The lowest BCUT2D eigenvalue weighted by molar-refractivity contribution is 0.0875. The molecule has 1 heterocycles. The number of carbonyl (C=O) groups excluding carboxylic acids is 1. The van der Waals surface area contributed by atoms with E-state index in [0.717, 1.165) is 0 Å². The Morgan fingerprint density at radius 1 is 1.60 bits per heavy atom. The molecule has 0 aliphatic carbocycles. The van der Waals surface area contributed by atoms with Crippen LogP contribution in [0.5, 0.6) is 0 Å². The average molecular weight is 214 g/mol. The second kappa shape index (κ2) is 4.76. The van der Waals surface area contributed by atoms with Gasteiger partial charge in [0, 0.05) is 0 Å². The molecule has 15 heavy (non-hydrogen) atoms. The van der Waals surface area contributed by atoms with E-state index >= 15 is 0 Å². The lowest BCUT2D eigenvalue weighted by atomic mass is 10.2. The first-order chi connectivity index (χ1) is 7.10. The van der Waals surface area contributed by atoms with E-state index in [-0.39, 0.29) is 24.6 Å². The molecule has 0 saturated heterocycles. The largest absolute Gasteiger partial charge is 0.395 e. The van der Waals surface area contributed by atoms with Gasteiger partial charge in [-0.25, -0.2) is 0 Å². The number of carbonyl (C=O) groups is 1. The Kier molecular flexibility index (Phi) is 3.64. The van der Waals surface area contributed by atoms with Crippen molar-refractivity contribution in [2.45, 2.75) is 13.0 Å². The number of anilines is 1. The first-order valence-corrected chi connectivity index (χ1v) is 4.43. The number of hydrogen-bond donors (Lipinski definition) is 5. The fourth-order valence-electron chi connectivity index (χ4n) is 1.01. The van der Waals surface area contributed by atoms with E-state index in [1.165, 1.54) is 0 Å². The zero-order valence-electron chi connectivity index (χ0n) is 8.32. The van der Waals surface area contributed by atoms with Gasteiger partial charge in [-0.3, -0.25) is 9.89 Å². The van der Waals surface area contributed by atoms with Crippen molar-refractivity contribution in [3.8, 4) is 0 Å². The maximum absolute atomic E-state index is 11.5. The minimum atomic E-state index is -0.700. The van der Waals surface area contributed by atoms with Crippen molar-refractivity contribution in [2.24, 2.45) is 0 Å². The monoisotopic (exact) mass is 214 g/mol. The molecule has 0 radical (unpaired) electrons. The van der Waals surface area contributed by atoms with Gasteiger partial charge in [0.25, 0.3) is 5.91 Å². The van der Waals surface area contributed by atoms with Crippen LogP contribution in [0.3, 0.4) is 0 Å². The summed E-state index contributed by atoms with van der Waals surface area (Å²) in [6, 6.07) is -0.700. The molecule has 1 aromatic heterocycles. The van der Waals surface area contributed by atoms with Gasteiger partial charge in [0.2, 0.25) is 0 Å². The quantitative estimate of drug-likeness (QED) is 0.412. The average Bonchev–Trinajstić information content (AvgIpc) is 2.56. The summed E-state index contributed by atoms with van der Waals surface area (Å²) < 4.78 is 0. The number of nitrogens with zero attached hydrogens (tertiary/aromatic N) is 1. The number of aryl methyl sites for hydroxylation is 1. The first-order valence-electron chi connectivity index (χ1n) is 4.43. The molecule has 1 amide bonds. The number of hydrogen-bond acceptors (Lipinski definition) is 5. The predicted molar refractivity (Wildman–Crippen MR) is 53.2 cm³/mol. The molecule has 0 aliphatic heterocycles. The highest BCUT2D eigenvalue weighted by molar-refractivity contribution is 5.97. The van der Waals surface area contributed by atoms with Crippen LogP contribution in [0, 0.1) is 6.92 Å². The van der Waals surface area contributed by atoms with Crippen molar-refractivity contribution in [2.75, 3.05) is 18.9 Å². The minimum absolute atomic E-state index is 0.0689. The van der Waals surface area contributed by atoms with Crippen LogP contribution >= 0.6 is 0 Å². The highest BCUT2D eigenvalue weighted by atomic mass is 16.3. The van der Waals surface area contributed by atoms with Crippen LogP contribution in [0.4, 0.5) is 5.69 Å². The van der Waals surface area contributed by atoms with Gasteiger partial charge < -0.3 is 21.3 Å². The van der Waals surface area contributed by atoms with Crippen LogP contribution < -0.4 is 11.1 Å². The molecule has 0 saturated carbocycles. The van der Waals surface area contributed by atoms with E-state index in [9.17, 15) is 4.79 Å². The summed E-state index contributed by atoms with van der Waals surface area (Å²) in [5.74, 6) is -0.523. The van der Waals surface area contributed by atoms with Gasteiger partial charge in [0.1, 0.15) is 0 Å². The first kappa shape index (κ1) is 11.5. The van der Waals surface area contributed by atoms with Crippen LogP contribution in [-0.2, 0) is 0 Å². The number of amides is 1. The summed E-state index contributed by atoms with van der Waals surface area (Å²) in [7, 11) is 0. The third-order valence-electron chi connectivity index (χ3n) is 1.99. The molecule has 7 heteroatoms. The second-order valence-corrected chi connectivity index (χ2v) is 3.15. The van der Waals surface area contributed by atoms with E-state index in [4.69, 9.17) is 15.9 Å². The van der Waals surface area contributed by atoms with Crippen molar-refractivity contribution < 1.29 is 15.0 Å². The summed E-state index contributed by atoms with van der Waals surface area (Å²) >= 11 is 0. The maximum atomic E-state index is 11.5. The molecule has 84 valence electrons. The van der Waals surface area contributed by atoms with Gasteiger partial charge in [-0.15, -0.1) is 0 Å². The summed E-state index contributed by atoms with van der Waals surface area (Å²) in [5, 5.41) is 26.2. The normalized spacial score (nSPS) is 10.7. The Morgan fingerprint density at radius 3 is 2.60 bits per heavy atom. The molecular formula is C8H14N4O3. The second-order valence-electron chi connectivity index (χ2n) is 3.15. The predicted octanol–water partition coefficient (Wildman–Crippen LogP) is -1.62. The van der Waals surface area contributed by atoms with Gasteiger partial charge in [0.15, 0.2) is 5.69 Å². The smallest absolute Gasteiger partial charge is 0.274 e. The topological polar surface area (TPSA) is 124 Å². The van der Waals surface area contributed by atoms with Gasteiger partial charge in [0.05, 0.1) is 30.6 Å². The molecule has 1 rings (SSSR count). The highest BCUT2D eigenvalue weighted by Gasteiger charge is 2.18. The fraction of sp³-hybridized carbons (Fsp3) is 0.500. The summed E-state index contributed by atoms with van der Waals surface area (Å²) in [5.41, 5.74) is 6.52. The number of aromatic nitrogens is 2. The number of aromatic amines is 1. The molecule has 0 spiro atoms. The lowest BCUT2D eigenvalue weighted by Crippen LogP contribution is -2.40. The number of nitrogen functional groups attached to an aromatic ring is 1. The van der Waals surface area contributed by atoms with Gasteiger partial charge in [-0.2, -0.15) is 5.10 Å². The van der Waals surface area contributed by atoms with Crippen molar-refractivity contribution >= 4 is 11.6 Å². The maximum Gasteiger partial charge on any atom is 0.274 e. The molecule has 0 aromatic carbocycles. The van der Waals surface area contributed by atoms with E-state index in [1.54, 1.807) is 6.92 Å². The van der Waals surface area contributed by atoms with Gasteiger partial charge in [-0.05, 0) is 6.92 Å². The molecule has 1 aromatic rings. The number of nitrogens with two attached hydrogens (primary N) is 1. The zero-order valence-corrected chi connectivity index (χ0v) is 8.32. The number of aliphatic hydroxyl groups is 2. The summed E-state index contributed by atoms with van der Waals surface area (Å²) in [4.78, 5) is 11.5. The standard InChI is InChI=1S/C8H14N4O3/c1-4-6(9)7(12-11-4)8(15)10-5(2-13)3-14/h5,13-14H,2-3,9H2,1H3,(H,10,15)(H,11,12). The van der Waals surface area contributed by atoms with E-state index in [1.807, 2.05) is 0 Å². The van der Waals surface area contributed by atoms with Gasteiger partial charge >= 0.3 is 0 Å². The van der Waals surface area contributed by atoms with Crippen molar-refractivity contribution in [3.63, 3.8) is 0 Å². The molecule has 7 nitrogen and oxygen atoms in total. The number of H-pyrrole nitrogens is 1. The Labute approximate surface area is 86.3 Å². The van der Waals surface area contributed by atoms with Crippen LogP contribution in [0.1, 0.15) is 16.2 Å². The number of aliphatic hydroxyl groups excluding tert-OH is 2. The molecule has 0 atom stereocenters. The van der Waals surface area contributed by atoms with E-state index in [2.05, 4.69) is 15.5 Å². The molecule has 0 unspecified atom stereocenters. The molecule has 6 N–H and O–H groups in total. The van der Waals surface area contributed by atoms with E-state index in [0.29, 0.717) is 5.69 Å². The van der Waals surface area contributed by atoms with Crippen molar-refractivity contribution in [3.05, 3.63) is 11.4 Å². The van der Waals surface area contributed by atoms with Crippen LogP contribution in [0.2, 0.25) is 0 Å². The van der Waals surface area contributed by atoms with Crippen molar-refractivity contribution in [1.82, 2.24) is 15.5 Å². The Morgan fingerprint density at radius 2 is 2.20 bits per heavy atom. The van der Waals surface area contributed by atoms with Crippen molar-refractivity contribution in [1.29, 1.82) is 0 Å². The number of rotatable bonds is 4. The SMILES string of the molecule is Cc1[nH]nc(C(=O)NC(CO)CO)c1N. The summed E-state index contributed by atoms with van der Waals surface area (Å²) in [6.45, 7) is 1.01. The zero-order chi connectivity index (χ0) is 11.4. The number of nitrogens with one attached hydrogen (secondary N) is 2. The lowest BCUT2D eigenvalue weighted by Gasteiger charge is -2.12. The summed E-state index contributed by atoms with van der Waals surface area (Å²) in [6.07, 6.45) is 0. The minimum Gasteiger partial charge on any atom is -0.395 e. The Hall–Kier alpha value is -1.60. The Balaban J connectivity index is 2.73. The van der Waals surface area contributed by atoms with E-state index < -0.39 is 11.9 Å². The Bertz CT molecular complexity index is 346. The fourth-order valence-corrected chi connectivity index (χ4v) is 1.01. The molecule has 0 bridgehead atoms. The van der Waals surface area contributed by atoms with Gasteiger partial charge in [-0.1, -0.05) is 0 Å².